The number of hydrogen-bond acceptors (Lipinski definition) is 4. The van der Waals surface area contributed by atoms with Gasteiger partial charge in [-0.15, -0.1) is 0 Å². The first-order valence-electron chi connectivity index (χ1n) is 7.57. The lowest BCUT2D eigenvalue weighted by Crippen LogP contribution is -1.97. The van der Waals surface area contributed by atoms with E-state index in [1.807, 2.05) is 60.7 Å². The lowest BCUT2D eigenvalue weighted by molar-refractivity contribution is 0.104. The maximum atomic E-state index is 12.5. The molecule has 0 aliphatic rings. The van der Waals surface area contributed by atoms with Gasteiger partial charge >= 0.3 is 0 Å². The molecule has 0 saturated carbocycles. The third-order valence-electron chi connectivity index (χ3n) is 3.51. The van der Waals surface area contributed by atoms with Crippen LogP contribution in [0, 0.1) is 0 Å². The highest BCUT2D eigenvalue weighted by molar-refractivity contribution is 7.99. The Hall–Kier alpha value is -2.43. The van der Waals surface area contributed by atoms with Crippen LogP contribution < -0.4 is 0 Å². The molecular weight excluding hydrogens is 318 g/mol. The Bertz CT molecular complexity index is 889. The van der Waals surface area contributed by atoms with E-state index in [1.165, 1.54) is 11.8 Å². The SMILES string of the molecule is COCSc1ccccc1C(=O)/C=C/c1ccc2ccccc2n1. The van der Waals surface area contributed by atoms with Crippen molar-refractivity contribution in [2.45, 2.75) is 4.90 Å². The monoisotopic (exact) mass is 335 g/mol. The number of thioether (sulfide) groups is 1. The summed E-state index contributed by atoms with van der Waals surface area (Å²) in [5.74, 6) is 0.476. The summed E-state index contributed by atoms with van der Waals surface area (Å²) in [5, 5.41) is 1.09. The fourth-order valence-electron chi connectivity index (χ4n) is 2.34. The zero-order chi connectivity index (χ0) is 16.8. The standard InChI is InChI=1S/C20H17NO2S/c1-23-14-24-20-9-5-3-7-17(20)19(22)13-12-16-11-10-15-6-2-4-8-18(15)21-16/h2-13H,14H2,1H3/b13-12+. The number of aromatic nitrogens is 1. The lowest BCUT2D eigenvalue weighted by Gasteiger charge is -2.05. The number of ketones is 1. The lowest BCUT2D eigenvalue weighted by atomic mass is 10.1. The first-order chi connectivity index (χ1) is 11.8. The Kier molecular flexibility index (Phi) is 5.41. The van der Waals surface area contributed by atoms with Crippen molar-refractivity contribution in [1.29, 1.82) is 0 Å². The van der Waals surface area contributed by atoms with Gasteiger partial charge in [0.05, 0.1) is 17.1 Å². The van der Waals surface area contributed by atoms with Gasteiger partial charge in [-0.05, 0) is 36.4 Å². The van der Waals surface area contributed by atoms with Gasteiger partial charge in [0.2, 0.25) is 0 Å². The molecule has 120 valence electrons. The van der Waals surface area contributed by atoms with Crippen molar-refractivity contribution < 1.29 is 9.53 Å². The summed E-state index contributed by atoms with van der Waals surface area (Å²) >= 11 is 1.51. The molecule has 3 aromatic rings. The molecule has 1 heterocycles. The molecule has 1 aromatic heterocycles. The molecule has 0 amide bonds. The van der Waals surface area contributed by atoms with Gasteiger partial charge in [0.25, 0.3) is 0 Å². The van der Waals surface area contributed by atoms with Crippen LogP contribution in [0.15, 0.2) is 71.6 Å². The number of para-hydroxylation sites is 1. The quantitative estimate of drug-likeness (QED) is 0.280. The fourth-order valence-corrected chi connectivity index (χ4v) is 3.09. The van der Waals surface area contributed by atoms with Gasteiger partial charge in [-0.1, -0.05) is 48.2 Å². The van der Waals surface area contributed by atoms with Gasteiger partial charge in [-0.3, -0.25) is 4.79 Å². The largest absolute Gasteiger partial charge is 0.374 e. The highest BCUT2D eigenvalue weighted by Crippen LogP contribution is 2.23. The third-order valence-corrected chi connectivity index (χ3v) is 4.53. The van der Waals surface area contributed by atoms with Crippen LogP contribution >= 0.6 is 11.8 Å². The number of carbonyl (C=O) groups is 1. The summed E-state index contributed by atoms with van der Waals surface area (Å²) < 4.78 is 5.07. The highest BCUT2D eigenvalue weighted by Gasteiger charge is 2.08. The van der Waals surface area contributed by atoms with Crippen LogP contribution in [0.3, 0.4) is 0 Å². The molecule has 0 atom stereocenters. The Balaban J connectivity index is 1.81. The second-order valence-electron chi connectivity index (χ2n) is 5.17. The number of methoxy groups -OCH3 is 1. The van der Waals surface area contributed by atoms with E-state index in [4.69, 9.17) is 4.74 Å². The van der Waals surface area contributed by atoms with Crippen LogP contribution in [0.25, 0.3) is 17.0 Å². The molecule has 0 aliphatic heterocycles. The van der Waals surface area contributed by atoms with Crippen molar-refractivity contribution in [3.63, 3.8) is 0 Å². The van der Waals surface area contributed by atoms with Crippen molar-refractivity contribution in [2.24, 2.45) is 0 Å². The number of carbonyl (C=O) groups excluding carboxylic acids is 1. The third kappa shape index (κ3) is 3.91. The van der Waals surface area contributed by atoms with Gasteiger partial charge in [0.15, 0.2) is 5.78 Å². The van der Waals surface area contributed by atoms with Crippen LogP contribution in [0.4, 0.5) is 0 Å². The topological polar surface area (TPSA) is 39.2 Å². The van der Waals surface area contributed by atoms with Gasteiger partial charge in [-0.25, -0.2) is 4.98 Å². The first kappa shape index (κ1) is 16.4. The number of rotatable bonds is 6. The van der Waals surface area contributed by atoms with E-state index < -0.39 is 0 Å². The molecule has 0 radical (unpaired) electrons. The minimum atomic E-state index is -0.0378. The maximum Gasteiger partial charge on any atom is 0.187 e. The minimum Gasteiger partial charge on any atom is -0.374 e. The second-order valence-corrected chi connectivity index (χ2v) is 6.14. The fraction of sp³-hybridized carbons (Fsp3) is 0.100. The number of nitrogens with zero attached hydrogens (tertiary/aromatic N) is 1. The van der Waals surface area contributed by atoms with Crippen molar-refractivity contribution in [3.8, 4) is 0 Å². The predicted octanol–water partition coefficient (Wildman–Crippen LogP) is 4.83. The second kappa shape index (κ2) is 7.90. The number of ether oxygens (including phenoxy) is 1. The number of allylic oxidation sites excluding steroid dienone is 1. The number of hydrogen-bond donors (Lipinski definition) is 0. The number of fused-ring (bicyclic) bond motifs is 1. The molecule has 0 bridgehead atoms. The molecule has 24 heavy (non-hydrogen) atoms. The van der Waals surface area contributed by atoms with Crippen LogP contribution in [0.2, 0.25) is 0 Å². The summed E-state index contributed by atoms with van der Waals surface area (Å²) in [6.07, 6.45) is 3.33. The van der Waals surface area contributed by atoms with Crippen LogP contribution in [-0.2, 0) is 4.74 Å². The molecule has 0 aliphatic carbocycles. The Morgan fingerprint density at radius 1 is 1.08 bits per heavy atom. The summed E-state index contributed by atoms with van der Waals surface area (Å²) in [7, 11) is 1.64. The predicted molar refractivity (Wildman–Crippen MR) is 99.3 cm³/mol. The Morgan fingerprint density at radius 2 is 1.88 bits per heavy atom. The molecular formula is C20H17NO2S. The maximum absolute atomic E-state index is 12.5. The molecule has 0 spiro atoms. The minimum absolute atomic E-state index is 0.0378. The Labute approximate surface area is 145 Å². The smallest absolute Gasteiger partial charge is 0.187 e. The number of benzene rings is 2. The van der Waals surface area contributed by atoms with E-state index >= 15 is 0 Å². The van der Waals surface area contributed by atoms with Crippen molar-refractivity contribution in [2.75, 3.05) is 13.0 Å². The Morgan fingerprint density at radius 3 is 2.75 bits per heavy atom. The van der Waals surface area contributed by atoms with E-state index in [0.29, 0.717) is 11.5 Å². The van der Waals surface area contributed by atoms with E-state index in [9.17, 15) is 4.79 Å². The van der Waals surface area contributed by atoms with Gasteiger partial charge < -0.3 is 4.74 Å². The van der Waals surface area contributed by atoms with Crippen LogP contribution in [0.1, 0.15) is 16.1 Å². The van der Waals surface area contributed by atoms with E-state index in [2.05, 4.69) is 4.98 Å². The molecule has 3 rings (SSSR count). The van der Waals surface area contributed by atoms with E-state index in [1.54, 1.807) is 19.3 Å². The van der Waals surface area contributed by atoms with E-state index in [0.717, 1.165) is 21.5 Å². The van der Waals surface area contributed by atoms with Gasteiger partial charge in [0.1, 0.15) is 0 Å². The average molecular weight is 335 g/mol. The molecule has 0 N–H and O–H groups in total. The molecule has 4 heteroatoms. The van der Waals surface area contributed by atoms with Crippen molar-refractivity contribution >= 4 is 34.5 Å². The summed E-state index contributed by atoms with van der Waals surface area (Å²) in [6, 6.07) is 19.4. The first-order valence-corrected chi connectivity index (χ1v) is 8.55. The van der Waals surface area contributed by atoms with Crippen LogP contribution in [-0.4, -0.2) is 23.8 Å². The normalized spacial score (nSPS) is 11.2. The molecule has 0 saturated heterocycles. The van der Waals surface area contributed by atoms with Crippen LogP contribution in [0.5, 0.6) is 0 Å². The van der Waals surface area contributed by atoms with Crippen molar-refractivity contribution in [1.82, 2.24) is 4.98 Å². The number of pyridine rings is 1. The molecule has 0 unspecified atom stereocenters. The molecule has 2 aromatic carbocycles. The summed E-state index contributed by atoms with van der Waals surface area (Å²) in [4.78, 5) is 18.0. The molecule has 3 nitrogen and oxygen atoms in total. The summed E-state index contributed by atoms with van der Waals surface area (Å²) in [5.41, 5.74) is 2.36. The van der Waals surface area contributed by atoms with Gasteiger partial charge in [0, 0.05) is 23.0 Å². The average Bonchev–Trinajstić information content (AvgIpc) is 2.64. The highest BCUT2D eigenvalue weighted by atomic mass is 32.2. The van der Waals surface area contributed by atoms with Gasteiger partial charge in [-0.2, -0.15) is 0 Å². The molecule has 0 fully saturated rings. The zero-order valence-corrected chi connectivity index (χ0v) is 14.1. The van der Waals surface area contributed by atoms with Crippen molar-refractivity contribution in [3.05, 3.63) is 78.0 Å². The summed E-state index contributed by atoms with van der Waals surface area (Å²) in [6.45, 7) is 0. The van der Waals surface area contributed by atoms with E-state index in [-0.39, 0.29) is 5.78 Å². The zero-order valence-electron chi connectivity index (χ0n) is 13.3.